The van der Waals surface area contributed by atoms with Crippen LogP contribution in [0.2, 0.25) is 0 Å². The highest BCUT2D eigenvalue weighted by Gasteiger charge is 2.57. The van der Waals surface area contributed by atoms with Gasteiger partial charge in [-0.3, -0.25) is 4.79 Å². The van der Waals surface area contributed by atoms with Gasteiger partial charge >= 0.3 is 5.97 Å². The fraction of sp³-hybridized carbons (Fsp3) is 0.957. The van der Waals surface area contributed by atoms with E-state index in [2.05, 4.69) is 13.8 Å². The molecule has 0 spiro atoms. The number of carbonyl (C=O) groups is 1. The molecule has 4 aliphatic rings. The van der Waals surface area contributed by atoms with Crippen molar-refractivity contribution in [3.8, 4) is 0 Å². The van der Waals surface area contributed by atoms with Gasteiger partial charge in [0.15, 0.2) is 0 Å². The number of ether oxygens (including phenoxy) is 2. The minimum Gasteiger partial charge on any atom is -0.463 e. The molecular weight excluding hydrogens is 324 g/mol. The Kier molecular flexibility index (Phi) is 5.14. The Labute approximate surface area is 159 Å². The smallest absolute Gasteiger partial charge is 0.302 e. The molecule has 26 heavy (non-hydrogen) atoms. The molecule has 0 unspecified atom stereocenters. The molecule has 4 fully saturated rings. The van der Waals surface area contributed by atoms with E-state index >= 15 is 0 Å². The minimum absolute atomic E-state index is 0.209. The quantitative estimate of drug-likeness (QED) is 0.498. The zero-order valence-corrected chi connectivity index (χ0v) is 17.1. The molecule has 0 saturated heterocycles. The summed E-state index contributed by atoms with van der Waals surface area (Å²) in [6.07, 6.45) is 14.4. The van der Waals surface area contributed by atoms with Crippen molar-refractivity contribution in [1.29, 1.82) is 0 Å². The molecule has 0 heterocycles. The van der Waals surface area contributed by atoms with Gasteiger partial charge in [-0.25, -0.2) is 0 Å². The highest BCUT2D eigenvalue weighted by atomic mass is 16.6. The predicted octanol–water partition coefficient (Wildman–Crippen LogP) is 5.37. The fourth-order valence-electron chi connectivity index (χ4n) is 7.76. The third-order valence-electron chi connectivity index (χ3n) is 9.14. The van der Waals surface area contributed by atoms with Crippen LogP contribution in [0, 0.1) is 34.5 Å². The number of hydrogen-bond donors (Lipinski definition) is 0. The topological polar surface area (TPSA) is 35.5 Å². The zero-order valence-electron chi connectivity index (χ0n) is 17.1. The Morgan fingerprint density at radius 2 is 1.81 bits per heavy atom. The van der Waals surface area contributed by atoms with Gasteiger partial charge < -0.3 is 9.47 Å². The van der Waals surface area contributed by atoms with Crippen molar-refractivity contribution >= 4 is 5.97 Å². The molecular formula is C23H38O3. The number of esters is 1. The van der Waals surface area contributed by atoms with E-state index in [0.29, 0.717) is 30.1 Å². The predicted molar refractivity (Wildman–Crippen MR) is 103 cm³/mol. The van der Waals surface area contributed by atoms with Gasteiger partial charge in [0.25, 0.3) is 0 Å². The van der Waals surface area contributed by atoms with Crippen LogP contribution in [0.15, 0.2) is 0 Å². The number of carbonyl (C=O) groups excluding carboxylic acids is 1. The largest absolute Gasteiger partial charge is 0.463 e. The van der Waals surface area contributed by atoms with Gasteiger partial charge in [0.2, 0.25) is 0 Å². The SMILES string of the molecule is CC(=O)OCCO[C@@H]1CC[C@@]2(C)[C@@H](CC[C@@H]3[C@H]4CCC[C@@]4(C)CC[C@H]32)C1. The van der Waals surface area contributed by atoms with E-state index in [1.54, 1.807) is 0 Å². The summed E-state index contributed by atoms with van der Waals surface area (Å²) < 4.78 is 11.1. The molecule has 0 aromatic heterocycles. The molecule has 0 aromatic carbocycles. The van der Waals surface area contributed by atoms with Crippen LogP contribution in [-0.4, -0.2) is 25.3 Å². The average molecular weight is 363 g/mol. The fourth-order valence-corrected chi connectivity index (χ4v) is 7.76. The molecule has 0 radical (unpaired) electrons. The van der Waals surface area contributed by atoms with Gasteiger partial charge in [0.1, 0.15) is 6.61 Å². The summed E-state index contributed by atoms with van der Waals surface area (Å²) in [7, 11) is 0. The summed E-state index contributed by atoms with van der Waals surface area (Å²) >= 11 is 0. The van der Waals surface area contributed by atoms with Crippen molar-refractivity contribution in [2.24, 2.45) is 34.5 Å². The van der Waals surface area contributed by atoms with Crippen LogP contribution in [0.4, 0.5) is 0 Å². The summed E-state index contributed by atoms with van der Waals surface area (Å²) in [5.41, 5.74) is 1.21. The molecule has 0 amide bonds. The van der Waals surface area contributed by atoms with Gasteiger partial charge in [0, 0.05) is 6.92 Å². The van der Waals surface area contributed by atoms with Crippen molar-refractivity contribution in [2.45, 2.75) is 91.1 Å². The molecule has 0 aliphatic heterocycles. The number of hydrogen-bond acceptors (Lipinski definition) is 3. The van der Waals surface area contributed by atoms with Crippen LogP contribution in [0.5, 0.6) is 0 Å². The third kappa shape index (κ3) is 3.23. The molecule has 7 atom stereocenters. The molecule has 4 aliphatic carbocycles. The first kappa shape index (κ1) is 18.8. The summed E-state index contributed by atoms with van der Waals surface area (Å²) in [5, 5.41) is 0. The van der Waals surface area contributed by atoms with Crippen LogP contribution >= 0.6 is 0 Å². The Morgan fingerprint density at radius 1 is 0.962 bits per heavy atom. The van der Waals surface area contributed by atoms with E-state index in [4.69, 9.17) is 9.47 Å². The lowest BCUT2D eigenvalue weighted by Crippen LogP contribution is -2.53. The standard InChI is InChI=1S/C23H38O3/c1-16(24)25-13-14-26-18-8-12-23(3)17(15-18)6-7-19-20-5-4-10-22(20,2)11-9-21(19)23/h17-21H,4-15H2,1-3H3/t17-,18+,19+,20+,21+,22-,23-/m0/s1. The third-order valence-corrected chi connectivity index (χ3v) is 9.14. The maximum absolute atomic E-state index is 10.9. The van der Waals surface area contributed by atoms with E-state index in [-0.39, 0.29) is 5.97 Å². The monoisotopic (exact) mass is 362 g/mol. The van der Waals surface area contributed by atoms with Crippen LogP contribution in [0.25, 0.3) is 0 Å². The summed E-state index contributed by atoms with van der Waals surface area (Å²) in [6.45, 7) is 7.65. The Balaban J connectivity index is 1.37. The van der Waals surface area contributed by atoms with Gasteiger partial charge in [0.05, 0.1) is 12.7 Å². The minimum atomic E-state index is -0.209. The lowest BCUT2D eigenvalue weighted by atomic mass is 9.45. The first-order chi connectivity index (χ1) is 12.4. The number of rotatable bonds is 4. The molecule has 0 bridgehead atoms. The van der Waals surface area contributed by atoms with Crippen molar-refractivity contribution in [3.05, 3.63) is 0 Å². The zero-order chi connectivity index (χ0) is 18.4. The van der Waals surface area contributed by atoms with Crippen molar-refractivity contribution in [2.75, 3.05) is 13.2 Å². The van der Waals surface area contributed by atoms with Gasteiger partial charge in [-0.2, -0.15) is 0 Å². The maximum atomic E-state index is 10.9. The highest BCUT2D eigenvalue weighted by molar-refractivity contribution is 5.65. The Hall–Kier alpha value is -0.570. The Bertz CT molecular complexity index is 532. The van der Waals surface area contributed by atoms with Crippen molar-refractivity contribution < 1.29 is 14.3 Å². The van der Waals surface area contributed by atoms with Crippen LogP contribution < -0.4 is 0 Å². The molecule has 3 nitrogen and oxygen atoms in total. The first-order valence-electron chi connectivity index (χ1n) is 11.2. The van der Waals surface area contributed by atoms with Gasteiger partial charge in [-0.15, -0.1) is 0 Å². The molecule has 3 heteroatoms. The second-order valence-electron chi connectivity index (χ2n) is 10.3. The molecule has 4 rings (SSSR count). The lowest BCUT2D eigenvalue weighted by molar-refractivity contribution is -0.147. The second kappa shape index (κ2) is 7.11. The van der Waals surface area contributed by atoms with Crippen molar-refractivity contribution in [1.82, 2.24) is 0 Å². The molecule has 0 N–H and O–H groups in total. The highest BCUT2D eigenvalue weighted by Crippen LogP contribution is 2.66. The summed E-state index contributed by atoms with van der Waals surface area (Å²) in [4.78, 5) is 10.9. The van der Waals surface area contributed by atoms with Crippen molar-refractivity contribution in [3.63, 3.8) is 0 Å². The van der Waals surface area contributed by atoms with E-state index < -0.39 is 0 Å². The normalized spacial score (nSPS) is 47.6. The van der Waals surface area contributed by atoms with Crippen LogP contribution in [0.1, 0.15) is 85.0 Å². The van der Waals surface area contributed by atoms with Gasteiger partial charge in [-0.05, 0) is 92.3 Å². The second-order valence-corrected chi connectivity index (χ2v) is 10.3. The molecule has 0 aromatic rings. The summed E-state index contributed by atoms with van der Waals surface area (Å²) in [6, 6.07) is 0. The van der Waals surface area contributed by atoms with Crippen LogP contribution in [0.3, 0.4) is 0 Å². The van der Waals surface area contributed by atoms with E-state index in [1.165, 1.54) is 71.1 Å². The average Bonchev–Trinajstić information content (AvgIpc) is 3.00. The maximum Gasteiger partial charge on any atom is 0.302 e. The van der Waals surface area contributed by atoms with Gasteiger partial charge in [-0.1, -0.05) is 20.3 Å². The first-order valence-corrected chi connectivity index (χ1v) is 11.2. The number of fused-ring (bicyclic) bond motifs is 5. The van der Waals surface area contributed by atoms with Crippen LogP contribution in [-0.2, 0) is 14.3 Å². The van der Waals surface area contributed by atoms with E-state index in [0.717, 1.165) is 23.7 Å². The molecule has 148 valence electrons. The lowest BCUT2D eigenvalue weighted by Gasteiger charge is -2.60. The van der Waals surface area contributed by atoms with E-state index in [1.807, 2.05) is 0 Å². The Morgan fingerprint density at radius 3 is 2.62 bits per heavy atom. The summed E-state index contributed by atoms with van der Waals surface area (Å²) in [5.74, 6) is 3.59. The van der Waals surface area contributed by atoms with E-state index in [9.17, 15) is 4.79 Å². The molecule has 4 saturated carbocycles.